The van der Waals surface area contributed by atoms with Crippen molar-refractivity contribution < 1.29 is 18.6 Å². The van der Waals surface area contributed by atoms with Crippen LogP contribution in [-0.4, -0.2) is 82.7 Å². The number of morpholine rings is 1. The number of rotatable bonds is 6. The van der Waals surface area contributed by atoms with Crippen molar-refractivity contribution in [3.8, 4) is 0 Å². The van der Waals surface area contributed by atoms with E-state index in [-0.39, 0.29) is 18.0 Å². The fourth-order valence-electron chi connectivity index (χ4n) is 4.65. The van der Waals surface area contributed by atoms with Crippen LogP contribution in [0.4, 0.5) is 10.1 Å². The second-order valence-electron chi connectivity index (χ2n) is 8.79. The van der Waals surface area contributed by atoms with E-state index in [1.54, 1.807) is 13.1 Å². The van der Waals surface area contributed by atoms with Gasteiger partial charge in [-0.05, 0) is 49.8 Å². The van der Waals surface area contributed by atoms with Crippen molar-refractivity contribution >= 4 is 11.6 Å². The van der Waals surface area contributed by atoms with Gasteiger partial charge in [0.05, 0.1) is 37.7 Å². The van der Waals surface area contributed by atoms with Crippen molar-refractivity contribution in [1.82, 2.24) is 10.2 Å². The van der Waals surface area contributed by atoms with E-state index in [4.69, 9.17) is 14.2 Å². The van der Waals surface area contributed by atoms with E-state index in [1.165, 1.54) is 12.8 Å². The lowest BCUT2D eigenvalue weighted by atomic mass is 10.1. The van der Waals surface area contributed by atoms with Crippen LogP contribution in [-0.2, 0) is 20.8 Å². The molecule has 3 fully saturated rings. The predicted octanol–water partition coefficient (Wildman–Crippen LogP) is 2.79. The molecule has 0 saturated carbocycles. The molecule has 0 aliphatic carbocycles. The predicted molar refractivity (Wildman–Crippen MR) is 124 cm³/mol. The molecule has 178 valence electrons. The van der Waals surface area contributed by atoms with Gasteiger partial charge in [-0.1, -0.05) is 6.07 Å². The minimum Gasteiger partial charge on any atom is -0.378 e. The van der Waals surface area contributed by atoms with Gasteiger partial charge in [-0.3, -0.25) is 4.99 Å². The largest absolute Gasteiger partial charge is 0.378 e. The van der Waals surface area contributed by atoms with Crippen LogP contribution in [0.15, 0.2) is 23.2 Å². The minimum atomic E-state index is -0.180. The first-order valence-electron chi connectivity index (χ1n) is 12.0. The first-order valence-corrected chi connectivity index (χ1v) is 12.0. The molecule has 4 rings (SSSR count). The maximum atomic E-state index is 14.7. The highest BCUT2D eigenvalue weighted by atomic mass is 19.1. The maximum Gasteiger partial charge on any atom is 0.193 e. The van der Waals surface area contributed by atoms with E-state index in [9.17, 15) is 4.39 Å². The molecule has 3 aliphatic rings. The van der Waals surface area contributed by atoms with Gasteiger partial charge < -0.3 is 29.3 Å². The lowest BCUT2D eigenvalue weighted by Crippen LogP contribution is -2.47. The Morgan fingerprint density at radius 2 is 1.94 bits per heavy atom. The summed E-state index contributed by atoms with van der Waals surface area (Å²) in [6.45, 7) is 6.69. The van der Waals surface area contributed by atoms with Crippen molar-refractivity contribution in [1.29, 1.82) is 0 Å². The molecule has 0 bridgehead atoms. The zero-order valence-electron chi connectivity index (χ0n) is 19.2. The number of piperidine rings is 1. The zero-order chi connectivity index (χ0) is 22.2. The smallest absolute Gasteiger partial charge is 0.193 e. The number of benzene rings is 1. The molecule has 0 spiro atoms. The Hall–Kier alpha value is -1.90. The van der Waals surface area contributed by atoms with Crippen LogP contribution in [0.5, 0.6) is 0 Å². The van der Waals surface area contributed by atoms with E-state index in [0.717, 1.165) is 63.6 Å². The summed E-state index contributed by atoms with van der Waals surface area (Å²) in [5, 5.41) is 3.40. The van der Waals surface area contributed by atoms with Crippen LogP contribution in [0.1, 0.15) is 37.7 Å². The van der Waals surface area contributed by atoms with E-state index in [0.29, 0.717) is 32.1 Å². The fraction of sp³-hybridized carbons (Fsp3) is 0.708. The van der Waals surface area contributed by atoms with Gasteiger partial charge in [0.2, 0.25) is 0 Å². The molecule has 0 aromatic heterocycles. The van der Waals surface area contributed by atoms with Crippen molar-refractivity contribution in [2.24, 2.45) is 4.99 Å². The summed E-state index contributed by atoms with van der Waals surface area (Å²) in [4.78, 5) is 8.74. The van der Waals surface area contributed by atoms with Gasteiger partial charge in [-0.15, -0.1) is 0 Å². The summed E-state index contributed by atoms with van der Waals surface area (Å²) < 4.78 is 31.9. The van der Waals surface area contributed by atoms with Crippen LogP contribution in [0.2, 0.25) is 0 Å². The first kappa shape index (κ1) is 23.3. The lowest BCUT2D eigenvalue weighted by molar-refractivity contribution is -0.0721. The van der Waals surface area contributed by atoms with E-state index in [1.807, 2.05) is 17.0 Å². The molecular formula is C24H37FN4O3. The molecular weight excluding hydrogens is 411 g/mol. The summed E-state index contributed by atoms with van der Waals surface area (Å²) in [6.07, 6.45) is 6.05. The maximum absolute atomic E-state index is 14.7. The van der Waals surface area contributed by atoms with Crippen molar-refractivity contribution in [2.75, 3.05) is 64.6 Å². The van der Waals surface area contributed by atoms with Gasteiger partial charge in [0.1, 0.15) is 5.82 Å². The Bertz CT molecular complexity index is 743. The Morgan fingerprint density at radius 1 is 1.12 bits per heavy atom. The normalized spacial score (nSPS) is 23.4. The Kier molecular flexibility index (Phi) is 8.59. The van der Waals surface area contributed by atoms with Crippen molar-refractivity contribution in [2.45, 2.75) is 50.9 Å². The van der Waals surface area contributed by atoms with Crippen LogP contribution in [0, 0.1) is 5.82 Å². The zero-order valence-corrected chi connectivity index (χ0v) is 19.2. The number of anilines is 1. The summed E-state index contributed by atoms with van der Waals surface area (Å²) >= 11 is 0. The molecule has 3 aliphatic heterocycles. The van der Waals surface area contributed by atoms with E-state index in [2.05, 4.69) is 15.2 Å². The summed E-state index contributed by atoms with van der Waals surface area (Å²) in [7, 11) is 1.80. The highest BCUT2D eigenvalue weighted by Crippen LogP contribution is 2.22. The molecule has 7 nitrogen and oxygen atoms in total. The quantitative estimate of drug-likeness (QED) is 0.534. The SMILES string of the molecule is CN=C(NCc1ccc(N2CCOCC2)c(F)c1)N1CCC(OCC2CCCCO2)CC1. The number of hydrogen-bond acceptors (Lipinski definition) is 5. The van der Waals surface area contributed by atoms with Crippen LogP contribution in [0.3, 0.4) is 0 Å². The van der Waals surface area contributed by atoms with Crippen molar-refractivity contribution in [3.05, 3.63) is 29.6 Å². The number of halogens is 1. The lowest BCUT2D eigenvalue weighted by Gasteiger charge is -2.35. The molecule has 3 heterocycles. The van der Waals surface area contributed by atoms with Gasteiger partial charge in [-0.2, -0.15) is 0 Å². The van der Waals surface area contributed by atoms with Gasteiger partial charge >= 0.3 is 0 Å². The average molecular weight is 449 g/mol. The third-order valence-corrected chi connectivity index (χ3v) is 6.56. The second-order valence-corrected chi connectivity index (χ2v) is 8.79. The van der Waals surface area contributed by atoms with Gasteiger partial charge in [0.25, 0.3) is 0 Å². The number of guanidine groups is 1. The van der Waals surface area contributed by atoms with E-state index >= 15 is 0 Å². The van der Waals surface area contributed by atoms with Gasteiger partial charge in [0.15, 0.2) is 5.96 Å². The highest BCUT2D eigenvalue weighted by molar-refractivity contribution is 5.80. The molecule has 1 N–H and O–H groups in total. The van der Waals surface area contributed by atoms with Crippen LogP contribution in [0.25, 0.3) is 0 Å². The number of ether oxygens (including phenoxy) is 3. The third kappa shape index (κ3) is 6.33. The summed E-state index contributed by atoms with van der Waals surface area (Å²) in [5.74, 6) is 0.679. The molecule has 1 aromatic rings. The number of nitrogens with zero attached hydrogens (tertiary/aromatic N) is 3. The van der Waals surface area contributed by atoms with Crippen molar-refractivity contribution in [3.63, 3.8) is 0 Å². The van der Waals surface area contributed by atoms with Gasteiger partial charge in [-0.25, -0.2) is 4.39 Å². The molecule has 0 radical (unpaired) electrons. The van der Waals surface area contributed by atoms with Crippen LogP contribution >= 0.6 is 0 Å². The molecule has 0 amide bonds. The minimum absolute atomic E-state index is 0.180. The molecule has 1 aromatic carbocycles. The number of aliphatic imine (C=N–C) groups is 1. The molecule has 1 atom stereocenters. The topological polar surface area (TPSA) is 58.6 Å². The number of likely N-dealkylation sites (tertiary alicyclic amines) is 1. The molecule has 1 unspecified atom stereocenters. The fourth-order valence-corrected chi connectivity index (χ4v) is 4.65. The molecule has 8 heteroatoms. The van der Waals surface area contributed by atoms with E-state index < -0.39 is 0 Å². The average Bonchev–Trinajstić information content (AvgIpc) is 2.85. The molecule has 3 saturated heterocycles. The Labute approximate surface area is 190 Å². The Morgan fingerprint density at radius 3 is 2.62 bits per heavy atom. The first-order chi connectivity index (χ1) is 15.7. The monoisotopic (exact) mass is 448 g/mol. The van der Waals surface area contributed by atoms with Gasteiger partial charge in [0, 0.05) is 46.4 Å². The summed E-state index contributed by atoms with van der Waals surface area (Å²) in [6, 6.07) is 5.49. The third-order valence-electron chi connectivity index (χ3n) is 6.56. The second kappa shape index (κ2) is 11.8. The number of hydrogen-bond donors (Lipinski definition) is 1. The standard InChI is InChI=1S/C24H37FN4O3/c1-26-24(29-9-7-20(8-10-29)32-18-21-4-2-3-13-31-21)27-17-19-5-6-23(22(25)16-19)28-11-14-30-15-12-28/h5-6,16,20-21H,2-4,7-15,17-18H2,1H3,(H,26,27). The highest BCUT2D eigenvalue weighted by Gasteiger charge is 2.24. The number of nitrogens with one attached hydrogen (secondary N) is 1. The summed E-state index contributed by atoms with van der Waals surface area (Å²) in [5.41, 5.74) is 1.56. The Balaban J connectivity index is 1.21. The molecule has 32 heavy (non-hydrogen) atoms. The van der Waals surface area contributed by atoms with Crippen LogP contribution < -0.4 is 10.2 Å².